The van der Waals surface area contributed by atoms with E-state index in [0.717, 1.165) is 44.4 Å². The molecule has 0 atom stereocenters. The highest BCUT2D eigenvalue weighted by Crippen LogP contribution is 2.40. The van der Waals surface area contributed by atoms with Gasteiger partial charge in [0, 0.05) is 17.1 Å². The van der Waals surface area contributed by atoms with E-state index in [0.29, 0.717) is 0 Å². The number of ether oxygens (including phenoxy) is 1. The van der Waals surface area contributed by atoms with Crippen LogP contribution in [0, 0.1) is 6.92 Å². The van der Waals surface area contributed by atoms with E-state index in [9.17, 15) is 4.79 Å². The second-order valence-corrected chi connectivity index (χ2v) is 12.5. The van der Waals surface area contributed by atoms with Crippen LogP contribution in [-0.2, 0) is 14.0 Å². The number of benzene rings is 1. The number of rotatable bonds is 3. The number of hydrogen-bond acceptors (Lipinski definition) is 6. The fraction of sp³-hybridized carbons (Fsp3) is 0.483. The normalized spacial score (nSPS) is 17.2. The van der Waals surface area contributed by atoms with Gasteiger partial charge in [-0.3, -0.25) is 0 Å². The lowest BCUT2D eigenvalue weighted by atomic mass is 9.78. The third-order valence-corrected chi connectivity index (χ3v) is 7.54. The third kappa shape index (κ3) is 4.31. The Morgan fingerprint density at radius 1 is 1.08 bits per heavy atom. The van der Waals surface area contributed by atoms with Gasteiger partial charge in [0.1, 0.15) is 11.9 Å². The van der Waals surface area contributed by atoms with Crippen LogP contribution in [0.1, 0.15) is 79.4 Å². The number of nitrogens with zero attached hydrogens (tertiary/aromatic N) is 4. The van der Waals surface area contributed by atoms with Gasteiger partial charge in [0.15, 0.2) is 5.65 Å². The van der Waals surface area contributed by atoms with E-state index in [1.54, 1.807) is 9.08 Å². The summed E-state index contributed by atoms with van der Waals surface area (Å²) in [5.74, 6) is 0.108. The van der Waals surface area contributed by atoms with Crippen LogP contribution in [-0.4, -0.2) is 49.2 Å². The molecule has 4 heterocycles. The van der Waals surface area contributed by atoms with Crippen LogP contribution >= 0.6 is 0 Å². The Bertz CT molecular complexity index is 1540. The van der Waals surface area contributed by atoms with E-state index < -0.39 is 30.0 Å². The predicted molar refractivity (Wildman–Crippen MR) is 150 cm³/mol. The minimum absolute atomic E-state index is 0.108. The second-order valence-electron chi connectivity index (χ2n) is 12.5. The van der Waals surface area contributed by atoms with Crippen molar-refractivity contribution in [1.82, 2.24) is 19.2 Å². The van der Waals surface area contributed by atoms with Crippen LogP contribution in [0.25, 0.3) is 27.8 Å². The van der Waals surface area contributed by atoms with Gasteiger partial charge in [-0.1, -0.05) is 26.0 Å². The van der Waals surface area contributed by atoms with Crippen molar-refractivity contribution >= 4 is 35.2 Å². The van der Waals surface area contributed by atoms with E-state index in [2.05, 4.69) is 36.1 Å². The molecule has 38 heavy (non-hydrogen) atoms. The zero-order valence-electron chi connectivity index (χ0n) is 24.0. The summed E-state index contributed by atoms with van der Waals surface area (Å²) in [7, 11) is -0.508. The quantitative estimate of drug-likeness (QED) is 0.317. The number of aromatic nitrogens is 4. The smallest absolute Gasteiger partial charge is 0.443 e. The molecular weight excluding hydrogens is 479 g/mol. The molecule has 5 rings (SSSR count). The Morgan fingerprint density at radius 3 is 2.34 bits per heavy atom. The molecule has 1 fully saturated rings. The monoisotopic (exact) mass is 516 g/mol. The number of aryl methyl sites for hydroxylation is 1. The average Bonchev–Trinajstić information content (AvgIpc) is 3.44. The van der Waals surface area contributed by atoms with E-state index >= 15 is 0 Å². The Morgan fingerprint density at radius 2 is 1.74 bits per heavy atom. The van der Waals surface area contributed by atoms with Crippen molar-refractivity contribution < 1.29 is 18.8 Å². The molecule has 4 aromatic rings. The van der Waals surface area contributed by atoms with Gasteiger partial charge in [0.2, 0.25) is 0 Å². The minimum atomic E-state index is -0.655. The molecule has 0 bridgehead atoms. The zero-order valence-corrected chi connectivity index (χ0v) is 24.0. The summed E-state index contributed by atoms with van der Waals surface area (Å²) >= 11 is 0. The molecule has 1 aliphatic heterocycles. The molecule has 1 saturated heterocycles. The molecule has 9 heteroatoms. The Kier molecular flexibility index (Phi) is 6.04. The van der Waals surface area contributed by atoms with Gasteiger partial charge in [0.05, 0.1) is 22.4 Å². The maximum atomic E-state index is 13.8. The van der Waals surface area contributed by atoms with Gasteiger partial charge in [-0.05, 0) is 90.0 Å². The van der Waals surface area contributed by atoms with Gasteiger partial charge in [0.25, 0.3) is 0 Å². The maximum absolute atomic E-state index is 13.8. The highest BCUT2D eigenvalue weighted by Gasteiger charge is 2.51. The number of hydrogen-bond donors (Lipinski definition) is 0. The van der Waals surface area contributed by atoms with Crippen molar-refractivity contribution in [1.29, 1.82) is 0 Å². The summed E-state index contributed by atoms with van der Waals surface area (Å²) in [6.07, 6.45) is 3.03. The summed E-state index contributed by atoms with van der Waals surface area (Å²) in [5.41, 5.74) is 4.57. The molecule has 200 valence electrons. The van der Waals surface area contributed by atoms with Crippen LogP contribution in [0.4, 0.5) is 4.79 Å². The van der Waals surface area contributed by atoms with E-state index in [-0.39, 0.29) is 5.92 Å². The lowest BCUT2D eigenvalue weighted by Gasteiger charge is -2.32. The van der Waals surface area contributed by atoms with Gasteiger partial charge in [-0.2, -0.15) is 5.10 Å². The Hall–Kier alpha value is -3.17. The molecule has 0 aliphatic carbocycles. The van der Waals surface area contributed by atoms with Crippen molar-refractivity contribution in [2.75, 3.05) is 0 Å². The lowest BCUT2D eigenvalue weighted by molar-refractivity contribution is 0.00578. The molecule has 3 aromatic heterocycles. The van der Waals surface area contributed by atoms with Crippen LogP contribution < -0.4 is 5.46 Å². The highest BCUT2D eigenvalue weighted by atomic mass is 16.7. The molecule has 8 nitrogen and oxygen atoms in total. The summed E-state index contributed by atoms with van der Waals surface area (Å²) in [5, 5.41) is 5.33. The molecule has 1 aliphatic rings. The topological polar surface area (TPSA) is 79.9 Å². The van der Waals surface area contributed by atoms with Gasteiger partial charge in [-0.25, -0.2) is 18.9 Å². The summed E-state index contributed by atoms with van der Waals surface area (Å²) in [6, 6.07) is 8.10. The van der Waals surface area contributed by atoms with Crippen LogP contribution in [0.5, 0.6) is 0 Å². The summed E-state index contributed by atoms with van der Waals surface area (Å²) in [4.78, 5) is 18.1. The van der Waals surface area contributed by atoms with Crippen molar-refractivity contribution in [2.24, 2.45) is 0 Å². The number of carbonyl (C=O) groups is 1. The van der Waals surface area contributed by atoms with Crippen LogP contribution in [0.3, 0.4) is 0 Å². The number of fused-ring (bicyclic) bond motifs is 2. The second kappa shape index (κ2) is 8.68. The van der Waals surface area contributed by atoms with Crippen molar-refractivity contribution in [3.05, 3.63) is 47.9 Å². The summed E-state index contributed by atoms with van der Waals surface area (Å²) < 4.78 is 22.1. The van der Waals surface area contributed by atoms with E-state index in [1.165, 1.54) is 6.33 Å². The molecule has 0 spiro atoms. The molecule has 0 unspecified atom stereocenters. The third-order valence-electron chi connectivity index (χ3n) is 7.54. The lowest BCUT2D eigenvalue weighted by Crippen LogP contribution is -2.41. The van der Waals surface area contributed by atoms with E-state index in [1.807, 2.05) is 73.7 Å². The maximum Gasteiger partial charge on any atom is 0.494 e. The van der Waals surface area contributed by atoms with Crippen molar-refractivity contribution in [2.45, 2.75) is 92.0 Å². The highest BCUT2D eigenvalue weighted by molar-refractivity contribution is 6.62. The predicted octanol–water partition coefficient (Wildman–Crippen LogP) is 5.87. The van der Waals surface area contributed by atoms with Gasteiger partial charge in [-0.15, -0.1) is 0 Å². The molecule has 0 saturated carbocycles. The van der Waals surface area contributed by atoms with Crippen LogP contribution in [0.15, 0.2) is 36.8 Å². The molecule has 1 aromatic carbocycles. The molecule has 0 N–H and O–H groups in total. The molecule has 0 radical (unpaired) electrons. The number of carbonyl (C=O) groups excluding carboxylic acids is 1. The molecular formula is C29H37BN4O4. The number of pyridine rings is 1. The Labute approximate surface area is 224 Å². The molecule has 0 amide bonds. The largest absolute Gasteiger partial charge is 0.494 e. The Balaban J connectivity index is 1.78. The zero-order chi connectivity index (χ0) is 27.8. The standard InChI is InChI=1S/C29H37BN4O4/c1-17(2)23-21-14-20(30-37-28(7,8)29(9,10)38-30)11-12-22(21)34(26(35)36-27(4,5)6)24(23)19-13-18(3)25-31-16-32-33(25)15-19/h11-17H,1-10H3. The van der Waals surface area contributed by atoms with Crippen molar-refractivity contribution in [3.8, 4) is 11.3 Å². The van der Waals surface area contributed by atoms with E-state index in [4.69, 9.17) is 14.0 Å². The first-order valence-electron chi connectivity index (χ1n) is 13.2. The summed E-state index contributed by atoms with van der Waals surface area (Å²) in [6.45, 7) is 20.1. The van der Waals surface area contributed by atoms with Crippen molar-refractivity contribution in [3.63, 3.8) is 0 Å². The SMILES string of the molecule is Cc1cc(-c2c(C(C)C)c3cc(B4OC(C)(C)C(C)(C)O4)ccc3n2C(=O)OC(C)(C)C)cn2ncnc12. The van der Waals surface area contributed by atoms with Crippen LogP contribution in [0.2, 0.25) is 0 Å². The first-order chi connectivity index (χ1) is 17.6. The first kappa shape index (κ1) is 26.4. The average molecular weight is 516 g/mol. The van der Waals surface area contributed by atoms with Gasteiger partial charge < -0.3 is 14.0 Å². The minimum Gasteiger partial charge on any atom is -0.443 e. The van der Waals surface area contributed by atoms with Gasteiger partial charge >= 0.3 is 13.2 Å². The fourth-order valence-corrected chi connectivity index (χ4v) is 5.05. The first-order valence-corrected chi connectivity index (χ1v) is 13.2. The fourth-order valence-electron chi connectivity index (χ4n) is 5.05.